The van der Waals surface area contributed by atoms with Crippen LogP contribution < -0.4 is 15.0 Å². The summed E-state index contributed by atoms with van der Waals surface area (Å²) in [7, 11) is 4.63. The average Bonchev–Trinajstić information content (AvgIpc) is 2.51. The average molecular weight is 319 g/mol. The van der Waals surface area contributed by atoms with Crippen LogP contribution in [0.2, 0.25) is 0 Å². The molecule has 0 atom stereocenters. The standard InChI is InChI=1S/C17H21NO5/c1-17(2,21)14(19)9-12-15(23-5)11-7-6-10(22-4)8-13(11)18(3)16(12)20/h6-8,21H,9H2,1-5H3. The van der Waals surface area contributed by atoms with Crippen LogP contribution in [0.5, 0.6) is 11.5 Å². The molecule has 1 heterocycles. The fourth-order valence-electron chi connectivity index (χ4n) is 2.45. The van der Waals surface area contributed by atoms with Gasteiger partial charge in [0.25, 0.3) is 5.56 Å². The molecule has 0 radical (unpaired) electrons. The predicted octanol–water partition coefficient (Wildman–Crippen LogP) is 1.44. The second-order valence-corrected chi connectivity index (χ2v) is 5.92. The number of pyridine rings is 1. The molecule has 0 saturated carbocycles. The molecule has 1 aromatic carbocycles. The van der Waals surface area contributed by atoms with Crippen LogP contribution in [0.1, 0.15) is 19.4 Å². The summed E-state index contributed by atoms with van der Waals surface area (Å²) in [5, 5.41) is 10.5. The third-order valence-corrected chi connectivity index (χ3v) is 3.87. The SMILES string of the molecule is COc1ccc2c(OC)c(CC(=O)C(C)(C)O)c(=O)n(C)c2c1. The summed E-state index contributed by atoms with van der Waals surface area (Å²) < 4.78 is 12.0. The Morgan fingerprint density at radius 3 is 2.43 bits per heavy atom. The van der Waals surface area contributed by atoms with Gasteiger partial charge in [-0.25, -0.2) is 0 Å². The van der Waals surface area contributed by atoms with E-state index >= 15 is 0 Å². The summed E-state index contributed by atoms with van der Waals surface area (Å²) in [5.41, 5.74) is -0.962. The maximum Gasteiger partial charge on any atom is 0.258 e. The van der Waals surface area contributed by atoms with E-state index in [1.54, 1.807) is 32.4 Å². The number of rotatable bonds is 5. The van der Waals surface area contributed by atoms with Crippen molar-refractivity contribution in [1.29, 1.82) is 0 Å². The molecule has 2 aromatic rings. The molecule has 0 amide bonds. The smallest absolute Gasteiger partial charge is 0.258 e. The van der Waals surface area contributed by atoms with Gasteiger partial charge in [0.05, 0.1) is 25.3 Å². The number of Topliss-reactive ketones (excluding diaryl/α,β-unsaturated/α-hetero) is 1. The molecule has 0 fully saturated rings. The van der Waals surface area contributed by atoms with E-state index in [0.717, 1.165) is 0 Å². The molecule has 2 rings (SSSR count). The van der Waals surface area contributed by atoms with Crippen molar-refractivity contribution in [2.24, 2.45) is 7.05 Å². The fraction of sp³-hybridized carbons (Fsp3) is 0.412. The van der Waals surface area contributed by atoms with Gasteiger partial charge in [-0.15, -0.1) is 0 Å². The number of aromatic nitrogens is 1. The number of fused-ring (bicyclic) bond motifs is 1. The third kappa shape index (κ3) is 3.07. The Morgan fingerprint density at radius 2 is 1.91 bits per heavy atom. The van der Waals surface area contributed by atoms with Crippen LogP contribution >= 0.6 is 0 Å². The Bertz CT molecular complexity index is 814. The van der Waals surface area contributed by atoms with Crippen LogP contribution in [-0.4, -0.2) is 35.3 Å². The number of ether oxygens (including phenoxy) is 2. The first-order valence-electron chi connectivity index (χ1n) is 7.20. The zero-order valence-electron chi connectivity index (χ0n) is 14.0. The second kappa shape index (κ2) is 6.04. The van der Waals surface area contributed by atoms with Crippen LogP contribution in [0.15, 0.2) is 23.0 Å². The van der Waals surface area contributed by atoms with E-state index in [-0.39, 0.29) is 17.5 Å². The summed E-state index contributed by atoms with van der Waals surface area (Å²) in [6, 6.07) is 5.28. The summed E-state index contributed by atoms with van der Waals surface area (Å²) in [4.78, 5) is 24.8. The highest BCUT2D eigenvalue weighted by Gasteiger charge is 2.27. The number of aliphatic hydroxyl groups is 1. The van der Waals surface area contributed by atoms with Crippen molar-refractivity contribution in [3.63, 3.8) is 0 Å². The number of benzene rings is 1. The number of carbonyl (C=O) groups excluding carboxylic acids is 1. The van der Waals surface area contributed by atoms with E-state index in [0.29, 0.717) is 22.4 Å². The van der Waals surface area contributed by atoms with E-state index in [4.69, 9.17) is 9.47 Å². The summed E-state index contributed by atoms with van der Waals surface area (Å²) in [6.45, 7) is 2.80. The summed E-state index contributed by atoms with van der Waals surface area (Å²) in [6.07, 6.45) is -0.193. The minimum absolute atomic E-state index is 0.193. The van der Waals surface area contributed by atoms with Gasteiger partial charge < -0.3 is 19.1 Å². The Kier molecular flexibility index (Phi) is 4.47. The molecule has 6 nitrogen and oxygen atoms in total. The first-order chi connectivity index (χ1) is 10.7. The van der Waals surface area contributed by atoms with Gasteiger partial charge in [0.1, 0.15) is 17.1 Å². The van der Waals surface area contributed by atoms with Crippen LogP contribution in [-0.2, 0) is 18.3 Å². The molecule has 1 aromatic heterocycles. The molecule has 0 spiro atoms. The lowest BCUT2D eigenvalue weighted by Gasteiger charge is -2.18. The lowest BCUT2D eigenvalue weighted by molar-refractivity contribution is -0.133. The monoisotopic (exact) mass is 319 g/mol. The van der Waals surface area contributed by atoms with Gasteiger partial charge in [-0.3, -0.25) is 9.59 Å². The predicted molar refractivity (Wildman–Crippen MR) is 87.3 cm³/mol. The molecule has 124 valence electrons. The molecule has 23 heavy (non-hydrogen) atoms. The van der Waals surface area contributed by atoms with Gasteiger partial charge in [0.2, 0.25) is 0 Å². The minimum Gasteiger partial charge on any atom is -0.497 e. The Hall–Kier alpha value is -2.34. The fourth-order valence-corrected chi connectivity index (χ4v) is 2.45. The molecular formula is C17H21NO5. The highest BCUT2D eigenvalue weighted by Crippen LogP contribution is 2.30. The molecule has 0 bridgehead atoms. The molecule has 0 aliphatic rings. The molecular weight excluding hydrogens is 298 g/mol. The summed E-state index contributed by atoms with van der Waals surface area (Å²) >= 11 is 0. The zero-order valence-corrected chi connectivity index (χ0v) is 14.0. The molecule has 0 unspecified atom stereocenters. The number of carbonyl (C=O) groups is 1. The van der Waals surface area contributed by atoms with Crippen LogP contribution in [0, 0.1) is 0 Å². The number of hydrogen-bond donors (Lipinski definition) is 1. The van der Waals surface area contributed by atoms with Gasteiger partial charge in [0.15, 0.2) is 5.78 Å². The van der Waals surface area contributed by atoms with E-state index in [9.17, 15) is 14.7 Å². The third-order valence-electron chi connectivity index (χ3n) is 3.87. The maximum absolute atomic E-state index is 12.6. The molecule has 0 aliphatic heterocycles. The lowest BCUT2D eigenvalue weighted by Crippen LogP contribution is -2.35. The number of methoxy groups -OCH3 is 2. The van der Waals surface area contributed by atoms with Gasteiger partial charge in [-0.05, 0) is 26.0 Å². The first kappa shape index (κ1) is 17.0. The Labute approximate surface area is 134 Å². The van der Waals surface area contributed by atoms with E-state index in [1.807, 2.05) is 0 Å². The highest BCUT2D eigenvalue weighted by atomic mass is 16.5. The largest absolute Gasteiger partial charge is 0.497 e. The van der Waals surface area contributed by atoms with Crippen LogP contribution in [0.3, 0.4) is 0 Å². The second-order valence-electron chi connectivity index (χ2n) is 5.92. The van der Waals surface area contributed by atoms with Crippen molar-refractivity contribution in [2.45, 2.75) is 25.9 Å². The molecule has 0 saturated heterocycles. The topological polar surface area (TPSA) is 77.8 Å². The van der Waals surface area contributed by atoms with Gasteiger partial charge in [0, 0.05) is 24.9 Å². The zero-order chi connectivity index (χ0) is 17.4. The van der Waals surface area contributed by atoms with Crippen molar-refractivity contribution in [3.05, 3.63) is 34.1 Å². The number of hydrogen-bond acceptors (Lipinski definition) is 5. The summed E-state index contributed by atoms with van der Waals surface area (Å²) in [5.74, 6) is 0.527. The first-order valence-corrected chi connectivity index (χ1v) is 7.20. The lowest BCUT2D eigenvalue weighted by atomic mass is 9.96. The number of nitrogens with zero attached hydrogens (tertiary/aromatic N) is 1. The van der Waals surface area contributed by atoms with Crippen molar-refractivity contribution in [3.8, 4) is 11.5 Å². The number of ketones is 1. The van der Waals surface area contributed by atoms with Gasteiger partial charge in [-0.1, -0.05) is 0 Å². The minimum atomic E-state index is -1.51. The maximum atomic E-state index is 12.6. The van der Waals surface area contributed by atoms with Crippen molar-refractivity contribution >= 4 is 16.7 Å². The Morgan fingerprint density at radius 1 is 1.26 bits per heavy atom. The van der Waals surface area contributed by atoms with Gasteiger partial charge >= 0.3 is 0 Å². The molecule has 1 N–H and O–H groups in total. The van der Waals surface area contributed by atoms with E-state index < -0.39 is 11.4 Å². The van der Waals surface area contributed by atoms with E-state index in [2.05, 4.69) is 0 Å². The van der Waals surface area contributed by atoms with E-state index in [1.165, 1.54) is 25.5 Å². The number of aryl methyl sites for hydroxylation is 1. The van der Waals surface area contributed by atoms with Crippen LogP contribution in [0.4, 0.5) is 0 Å². The van der Waals surface area contributed by atoms with Gasteiger partial charge in [-0.2, -0.15) is 0 Å². The van der Waals surface area contributed by atoms with Crippen LogP contribution in [0.25, 0.3) is 10.9 Å². The molecule has 0 aliphatic carbocycles. The highest BCUT2D eigenvalue weighted by molar-refractivity contribution is 5.92. The Balaban J connectivity index is 2.73. The van der Waals surface area contributed by atoms with Crippen molar-refractivity contribution in [1.82, 2.24) is 4.57 Å². The molecule has 6 heteroatoms. The van der Waals surface area contributed by atoms with Crippen molar-refractivity contribution in [2.75, 3.05) is 14.2 Å². The normalized spacial score (nSPS) is 11.6. The van der Waals surface area contributed by atoms with Crippen molar-refractivity contribution < 1.29 is 19.4 Å². The quantitative estimate of drug-likeness (QED) is 0.902.